The third-order valence-corrected chi connectivity index (χ3v) is 8.89. The molecule has 0 fully saturated rings. The van der Waals surface area contributed by atoms with Crippen LogP contribution in [0.15, 0.2) is 97.6 Å². The van der Waals surface area contributed by atoms with Gasteiger partial charge in [0.2, 0.25) is 0 Å². The number of thiazole rings is 1. The Hall–Kier alpha value is -3.70. The first-order valence-electron chi connectivity index (χ1n) is 12.3. The molecule has 1 aliphatic rings. The van der Waals surface area contributed by atoms with Gasteiger partial charge in [-0.1, -0.05) is 70.6 Å². The van der Waals surface area contributed by atoms with Crippen LogP contribution in [0.2, 0.25) is 10.0 Å². The Morgan fingerprint density at radius 2 is 1.90 bits per heavy atom. The van der Waals surface area contributed by atoms with Gasteiger partial charge in [-0.15, -0.1) is 0 Å². The second-order valence-electron chi connectivity index (χ2n) is 8.86. The maximum atomic E-state index is 13.8. The molecule has 0 radical (unpaired) electrons. The van der Waals surface area contributed by atoms with Crippen molar-refractivity contribution in [3.8, 4) is 0 Å². The van der Waals surface area contributed by atoms with E-state index in [1.165, 1.54) is 22.4 Å². The van der Waals surface area contributed by atoms with E-state index in [1.54, 1.807) is 80.6 Å². The Labute approximate surface area is 252 Å². The highest BCUT2D eigenvalue weighted by molar-refractivity contribution is 7.99. The van der Waals surface area contributed by atoms with Crippen molar-refractivity contribution in [1.82, 2.24) is 4.57 Å². The summed E-state index contributed by atoms with van der Waals surface area (Å²) in [5.41, 5.74) is 1.16. The van der Waals surface area contributed by atoms with Gasteiger partial charge >= 0.3 is 5.97 Å². The van der Waals surface area contributed by atoms with E-state index in [1.807, 2.05) is 0 Å². The standard InChI is InChI=1S/C29H21Cl2N3O5S2/c1-3-39-28(36)25-16(2)32-29-33(26(25)20-6-4-5-7-21(20)31)27(35)24(41-29)15-17-8-13-23(22(14-17)34(37)38)40-19-11-9-18(30)10-12-19/h4-15,26H,3H2,1-2H3/b24-15+/t26-/m0/s1. The number of halogens is 2. The number of rotatable bonds is 7. The zero-order valence-corrected chi connectivity index (χ0v) is 24.8. The van der Waals surface area contributed by atoms with E-state index in [9.17, 15) is 19.7 Å². The van der Waals surface area contributed by atoms with E-state index in [0.717, 1.165) is 16.2 Å². The molecule has 1 atom stereocenters. The molecule has 1 aromatic heterocycles. The highest BCUT2D eigenvalue weighted by Crippen LogP contribution is 2.36. The number of hydrogen-bond donors (Lipinski definition) is 0. The molecule has 3 aromatic carbocycles. The van der Waals surface area contributed by atoms with Gasteiger partial charge in [0.05, 0.1) is 32.2 Å². The summed E-state index contributed by atoms with van der Waals surface area (Å²) in [6, 6.07) is 17.9. The Kier molecular flexibility index (Phi) is 8.46. The largest absolute Gasteiger partial charge is 0.463 e. The maximum Gasteiger partial charge on any atom is 0.338 e. The van der Waals surface area contributed by atoms with Gasteiger partial charge in [-0.3, -0.25) is 19.5 Å². The molecule has 0 N–H and O–H groups in total. The lowest BCUT2D eigenvalue weighted by molar-refractivity contribution is -0.387. The van der Waals surface area contributed by atoms with Crippen molar-refractivity contribution >= 4 is 64.0 Å². The number of hydrogen-bond acceptors (Lipinski definition) is 8. The van der Waals surface area contributed by atoms with E-state index in [0.29, 0.717) is 41.1 Å². The van der Waals surface area contributed by atoms with Crippen molar-refractivity contribution in [1.29, 1.82) is 0 Å². The van der Waals surface area contributed by atoms with Gasteiger partial charge in [0.15, 0.2) is 4.80 Å². The molecule has 0 unspecified atom stereocenters. The Bertz CT molecular complexity index is 1900. The minimum Gasteiger partial charge on any atom is -0.463 e. The molecule has 12 heteroatoms. The van der Waals surface area contributed by atoms with E-state index < -0.39 is 22.5 Å². The SMILES string of the molecule is CCOC(=O)C1=C(C)N=c2s/c(=C/c3ccc(Sc4ccc(Cl)cc4)c([N+](=O)[O-])c3)c(=O)n2[C@H]1c1ccccc1Cl. The number of carbonyl (C=O) groups excluding carboxylic acids is 1. The van der Waals surface area contributed by atoms with Crippen LogP contribution in [0.3, 0.4) is 0 Å². The zero-order chi connectivity index (χ0) is 29.3. The number of allylic oxidation sites excluding steroid dienone is 1. The van der Waals surface area contributed by atoms with Crippen molar-refractivity contribution in [2.24, 2.45) is 4.99 Å². The predicted octanol–water partition coefficient (Wildman–Crippen LogP) is 6.16. The van der Waals surface area contributed by atoms with Crippen LogP contribution in [0.4, 0.5) is 5.69 Å². The fourth-order valence-corrected chi connectivity index (χ4v) is 6.73. The van der Waals surface area contributed by atoms with Gasteiger partial charge in [0.1, 0.15) is 6.04 Å². The molecule has 4 aromatic rings. The summed E-state index contributed by atoms with van der Waals surface area (Å²) >= 11 is 14.9. The van der Waals surface area contributed by atoms with Crippen molar-refractivity contribution in [3.05, 3.63) is 129 Å². The molecule has 0 spiro atoms. The summed E-state index contributed by atoms with van der Waals surface area (Å²) in [5, 5.41) is 12.9. The number of nitrogens with zero attached hydrogens (tertiary/aromatic N) is 3. The molecule has 0 amide bonds. The van der Waals surface area contributed by atoms with Crippen molar-refractivity contribution < 1.29 is 14.5 Å². The lowest BCUT2D eigenvalue weighted by Gasteiger charge is -2.25. The van der Waals surface area contributed by atoms with Crippen molar-refractivity contribution in [2.45, 2.75) is 29.7 Å². The van der Waals surface area contributed by atoms with E-state index in [4.69, 9.17) is 27.9 Å². The first-order chi connectivity index (χ1) is 19.7. The first-order valence-corrected chi connectivity index (χ1v) is 14.7. The van der Waals surface area contributed by atoms with Gasteiger partial charge in [0, 0.05) is 21.0 Å². The average Bonchev–Trinajstić information content (AvgIpc) is 3.24. The summed E-state index contributed by atoms with van der Waals surface area (Å²) in [7, 11) is 0. The van der Waals surface area contributed by atoms with Crippen LogP contribution in [0.5, 0.6) is 0 Å². The lowest BCUT2D eigenvalue weighted by atomic mass is 9.96. The number of carbonyl (C=O) groups is 1. The molecule has 2 heterocycles. The molecule has 8 nitrogen and oxygen atoms in total. The van der Waals surface area contributed by atoms with Crippen molar-refractivity contribution in [2.75, 3.05) is 6.61 Å². The topological polar surface area (TPSA) is 104 Å². The number of aromatic nitrogens is 1. The number of nitro benzene ring substituents is 1. The summed E-state index contributed by atoms with van der Waals surface area (Å²) in [4.78, 5) is 44.5. The van der Waals surface area contributed by atoms with E-state index in [2.05, 4.69) is 4.99 Å². The first kappa shape index (κ1) is 28.8. The van der Waals surface area contributed by atoms with E-state index in [-0.39, 0.29) is 17.9 Å². The Balaban J connectivity index is 1.62. The van der Waals surface area contributed by atoms with Crippen LogP contribution in [0, 0.1) is 10.1 Å². The van der Waals surface area contributed by atoms with Crippen LogP contribution < -0.4 is 14.9 Å². The lowest BCUT2D eigenvalue weighted by Crippen LogP contribution is -2.40. The van der Waals surface area contributed by atoms with Gasteiger partial charge in [-0.25, -0.2) is 9.79 Å². The van der Waals surface area contributed by atoms with Crippen LogP contribution >= 0.6 is 46.3 Å². The third-order valence-electron chi connectivity index (χ3n) is 6.24. The van der Waals surface area contributed by atoms with Crippen molar-refractivity contribution in [3.63, 3.8) is 0 Å². The number of nitro groups is 1. The van der Waals surface area contributed by atoms with Crippen LogP contribution in [0.1, 0.15) is 31.0 Å². The number of esters is 1. The van der Waals surface area contributed by atoms with Gasteiger partial charge in [-0.2, -0.15) is 0 Å². The molecular weight excluding hydrogens is 605 g/mol. The normalized spacial score (nSPS) is 14.9. The molecule has 5 rings (SSSR count). The highest BCUT2D eigenvalue weighted by Gasteiger charge is 2.34. The molecule has 1 aliphatic heterocycles. The Morgan fingerprint density at radius 1 is 1.17 bits per heavy atom. The second kappa shape index (κ2) is 12.0. The van der Waals surface area contributed by atoms with Gasteiger partial charge < -0.3 is 4.74 Å². The summed E-state index contributed by atoms with van der Waals surface area (Å²) in [5.74, 6) is -0.586. The third kappa shape index (κ3) is 5.87. The minimum absolute atomic E-state index is 0.0964. The number of ether oxygens (including phenoxy) is 1. The average molecular weight is 627 g/mol. The maximum absolute atomic E-state index is 13.8. The fraction of sp³-hybridized carbons (Fsp3) is 0.138. The zero-order valence-electron chi connectivity index (χ0n) is 21.7. The smallest absolute Gasteiger partial charge is 0.338 e. The molecule has 41 heavy (non-hydrogen) atoms. The summed E-state index contributed by atoms with van der Waals surface area (Å²) in [6.07, 6.45) is 1.58. The Morgan fingerprint density at radius 3 is 2.59 bits per heavy atom. The van der Waals surface area contributed by atoms with Crippen LogP contribution in [0.25, 0.3) is 6.08 Å². The van der Waals surface area contributed by atoms with Crippen LogP contribution in [-0.2, 0) is 9.53 Å². The fourth-order valence-electron chi connectivity index (χ4n) is 4.42. The quantitative estimate of drug-likeness (QED) is 0.138. The number of fused-ring (bicyclic) bond motifs is 1. The molecule has 0 aliphatic carbocycles. The molecular formula is C29H21Cl2N3O5S2. The molecule has 0 saturated carbocycles. The highest BCUT2D eigenvalue weighted by atomic mass is 35.5. The predicted molar refractivity (Wildman–Crippen MR) is 161 cm³/mol. The minimum atomic E-state index is -0.853. The monoisotopic (exact) mass is 625 g/mol. The number of benzene rings is 3. The van der Waals surface area contributed by atoms with E-state index >= 15 is 0 Å². The second-order valence-corrected chi connectivity index (χ2v) is 11.8. The molecule has 0 bridgehead atoms. The van der Waals surface area contributed by atoms with Gasteiger partial charge in [0.25, 0.3) is 11.2 Å². The molecule has 0 saturated heterocycles. The van der Waals surface area contributed by atoms with Gasteiger partial charge in [-0.05, 0) is 67.4 Å². The summed E-state index contributed by atoms with van der Waals surface area (Å²) in [6.45, 7) is 3.54. The summed E-state index contributed by atoms with van der Waals surface area (Å²) < 4.78 is 7.03. The molecule has 208 valence electrons. The van der Waals surface area contributed by atoms with Crippen LogP contribution in [-0.4, -0.2) is 22.1 Å².